The average Bonchev–Trinajstić information content (AvgIpc) is 2.83. The Morgan fingerprint density at radius 3 is 2.60 bits per heavy atom. The number of alkyl halides is 2. The molecule has 0 bridgehead atoms. The molecule has 0 aliphatic heterocycles. The number of carboxylic acids is 1. The second-order valence-corrected chi connectivity index (χ2v) is 7.12. The van der Waals surface area contributed by atoms with E-state index < -0.39 is 30.1 Å². The molecule has 134 valence electrons. The molecule has 1 saturated carbocycles. The Kier molecular flexibility index (Phi) is 4.66. The van der Waals surface area contributed by atoms with E-state index in [1.54, 1.807) is 23.7 Å². The molecule has 1 aliphatic carbocycles. The number of carboxylic acid groups (broad SMARTS) is 1. The Labute approximate surface area is 150 Å². The highest BCUT2D eigenvalue weighted by Gasteiger charge is 2.46. The fourth-order valence-corrected chi connectivity index (χ4v) is 3.84. The van der Waals surface area contributed by atoms with Crippen molar-refractivity contribution >= 4 is 21.9 Å². The topological polar surface area (TPSA) is 55.1 Å². The van der Waals surface area contributed by atoms with Crippen LogP contribution in [-0.4, -0.2) is 26.8 Å². The summed E-state index contributed by atoms with van der Waals surface area (Å²) in [6, 6.07) is 5.70. The third-order valence-electron chi connectivity index (χ3n) is 4.63. The second kappa shape index (κ2) is 6.48. The number of carbonyl (C=O) groups is 1. The lowest BCUT2D eigenvalue weighted by atomic mass is 9.75. The number of hydrogen-bond acceptors (Lipinski definition) is 2. The van der Waals surface area contributed by atoms with E-state index in [0.717, 1.165) is 0 Å². The van der Waals surface area contributed by atoms with Crippen molar-refractivity contribution in [1.29, 1.82) is 0 Å². The number of halogens is 4. The average molecular weight is 417 g/mol. The standard InChI is InChI=1S/C17H16BrF3N2O2/c1-9-14(18)15(22-23(9)11-4-2-10(19)3-5-11)12-6-7-17(20,21)8-13(12)16(24)25/h2-5,12-13H,6-8H2,1H3,(H,24,25). The minimum atomic E-state index is -2.97. The summed E-state index contributed by atoms with van der Waals surface area (Å²) in [5, 5.41) is 13.8. The van der Waals surface area contributed by atoms with Crippen LogP contribution in [0.2, 0.25) is 0 Å². The van der Waals surface area contributed by atoms with Gasteiger partial charge < -0.3 is 5.11 Å². The minimum Gasteiger partial charge on any atom is -0.481 e. The van der Waals surface area contributed by atoms with E-state index >= 15 is 0 Å². The van der Waals surface area contributed by atoms with Crippen molar-refractivity contribution in [1.82, 2.24) is 9.78 Å². The van der Waals surface area contributed by atoms with Crippen molar-refractivity contribution in [3.05, 3.63) is 45.9 Å². The van der Waals surface area contributed by atoms with E-state index in [1.165, 1.54) is 12.1 Å². The van der Waals surface area contributed by atoms with Gasteiger partial charge >= 0.3 is 5.97 Å². The zero-order valence-corrected chi connectivity index (χ0v) is 14.9. The molecule has 1 fully saturated rings. The SMILES string of the molecule is Cc1c(Br)c(C2CCC(F)(F)CC2C(=O)O)nn1-c1ccc(F)cc1. The van der Waals surface area contributed by atoms with E-state index in [-0.39, 0.29) is 18.7 Å². The molecule has 25 heavy (non-hydrogen) atoms. The quantitative estimate of drug-likeness (QED) is 0.789. The van der Waals surface area contributed by atoms with E-state index in [4.69, 9.17) is 0 Å². The van der Waals surface area contributed by atoms with Crippen LogP contribution in [0.3, 0.4) is 0 Å². The smallest absolute Gasteiger partial charge is 0.307 e. The molecule has 1 aliphatic rings. The zero-order chi connectivity index (χ0) is 18.4. The van der Waals surface area contributed by atoms with Crippen LogP contribution in [-0.2, 0) is 4.79 Å². The maximum absolute atomic E-state index is 13.7. The van der Waals surface area contributed by atoms with Gasteiger partial charge in [-0.3, -0.25) is 4.79 Å². The van der Waals surface area contributed by atoms with Gasteiger partial charge in [0.2, 0.25) is 5.92 Å². The van der Waals surface area contributed by atoms with Crippen LogP contribution in [0.25, 0.3) is 5.69 Å². The summed E-state index contributed by atoms with van der Waals surface area (Å²) >= 11 is 3.42. The molecule has 1 heterocycles. The van der Waals surface area contributed by atoms with Gasteiger partial charge in [-0.15, -0.1) is 0 Å². The summed E-state index contributed by atoms with van der Waals surface area (Å²) in [6.45, 7) is 1.77. The highest BCUT2D eigenvalue weighted by Crippen LogP contribution is 2.46. The second-order valence-electron chi connectivity index (χ2n) is 6.32. The number of aliphatic carboxylic acids is 1. The van der Waals surface area contributed by atoms with Crippen LogP contribution >= 0.6 is 15.9 Å². The molecule has 4 nitrogen and oxygen atoms in total. The van der Waals surface area contributed by atoms with Crippen molar-refractivity contribution in [2.24, 2.45) is 5.92 Å². The van der Waals surface area contributed by atoms with Crippen molar-refractivity contribution in [2.75, 3.05) is 0 Å². The summed E-state index contributed by atoms with van der Waals surface area (Å²) in [5.41, 5.74) is 1.76. The maximum Gasteiger partial charge on any atom is 0.307 e. The van der Waals surface area contributed by atoms with Gasteiger partial charge in [0.05, 0.1) is 27.5 Å². The first-order valence-corrected chi connectivity index (χ1v) is 8.60. The third kappa shape index (κ3) is 3.44. The van der Waals surface area contributed by atoms with Gasteiger partial charge in [-0.05, 0) is 53.5 Å². The highest BCUT2D eigenvalue weighted by atomic mass is 79.9. The van der Waals surface area contributed by atoms with Gasteiger partial charge in [0.25, 0.3) is 0 Å². The van der Waals surface area contributed by atoms with E-state index in [0.29, 0.717) is 21.5 Å². The Balaban J connectivity index is 2.01. The van der Waals surface area contributed by atoms with Crippen LogP contribution in [0, 0.1) is 18.7 Å². The molecule has 0 spiro atoms. The number of rotatable bonds is 3. The lowest BCUT2D eigenvalue weighted by molar-refractivity contribution is -0.150. The Morgan fingerprint density at radius 2 is 2.00 bits per heavy atom. The molecular formula is C17H16BrF3N2O2. The summed E-state index contributed by atoms with van der Waals surface area (Å²) in [6.07, 6.45) is -1.01. The number of nitrogens with zero attached hydrogens (tertiary/aromatic N) is 2. The molecule has 3 rings (SSSR count). The predicted molar refractivity (Wildman–Crippen MR) is 88.6 cm³/mol. The monoisotopic (exact) mass is 416 g/mol. The summed E-state index contributed by atoms with van der Waals surface area (Å²) in [5.74, 6) is -6.40. The molecule has 0 saturated heterocycles. The zero-order valence-electron chi connectivity index (χ0n) is 13.3. The number of hydrogen-bond donors (Lipinski definition) is 1. The maximum atomic E-state index is 13.7. The minimum absolute atomic E-state index is 0.0441. The van der Waals surface area contributed by atoms with Crippen molar-refractivity contribution < 1.29 is 23.1 Å². The van der Waals surface area contributed by atoms with Crippen molar-refractivity contribution in [3.8, 4) is 5.69 Å². The molecule has 1 N–H and O–H groups in total. The number of aromatic nitrogens is 2. The molecule has 0 amide bonds. The molecule has 2 atom stereocenters. The highest BCUT2D eigenvalue weighted by molar-refractivity contribution is 9.10. The largest absolute Gasteiger partial charge is 0.481 e. The van der Waals surface area contributed by atoms with E-state index in [9.17, 15) is 23.1 Å². The number of benzene rings is 1. The molecule has 2 aromatic rings. The predicted octanol–water partition coefficient (Wildman–Crippen LogP) is 4.69. The third-order valence-corrected chi connectivity index (χ3v) is 5.61. The van der Waals surface area contributed by atoms with E-state index in [1.807, 2.05) is 0 Å². The fraction of sp³-hybridized carbons (Fsp3) is 0.412. The van der Waals surface area contributed by atoms with Gasteiger partial charge in [0.15, 0.2) is 0 Å². The lowest BCUT2D eigenvalue weighted by Crippen LogP contribution is -2.36. The van der Waals surface area contributed by atoms with Gasteiger partial charge in [-0.1, -0.05) is 0 Å². The summed E-state index contributed by atoms with van der Waals surface area (Å²) in [4.78, 5) is 11.5. The van der Waals surface area contributed by atoms with Crippen molar-refractivity contribution in [3.63, 3.8) is 0 Å². The van der Waals surface area contributed by atoms with Crippen LogP contribution in [0.1, 0.15) is 36.6 Å². The fourth-order valence-electron chi connectivity index (χ4n) is 3.30. The first-order valence-electron chi connectivity index (χ1n) is 7.81. The molecule has 1 aromatic heterocycles. The Morgan fingerprint density at radius 1 is 1.36 bits per heavy atom. The first-order chi connectivity index (χ1) is 11.7. The normalized spacial score (nSPS) is 22.8. The molecule has 1 aromatic carbocycles. The molecule has 8 heteroatoms. The van der Waals surface area contributed by atoms with Gasteiger partial charge in [0, 0.05) is 18.8 Å². The van der Waals surface area contributed by atoms with Crippen molar-refractivity contribution in [2.45, 2.75) is 38.0 Å². The van der Waals surface area contributed by atoms with Crippen LogP contribution in [0.5, 0.6) is 0 Å². The van der Waals surface area contributed by atoms with Gasteiger partial charge in [0.1, 0.15) is 5.82 Å². The molecule has 0 radical (unpaired) electrons. The summed E-state index contributed by atoms with van der Waals surface area (Å²) < 4.78 is 42.6. The van der Waals surface area contributed by atoms with Crippen LogP contribution < -0.4 is 0 Å². The van der Waals surface area contributed by atoms with Gasteiger partial charge in [-0.25, -0.2) is 17.9 Å². The van der Waals surface area contributed by atoms with Crippen LogP contribution in [0.4, 0.5) is 13.2 Å². The lowest BCUT2D eigenvalue weighted by Gasteiger charge is -2.32. The molecule has 2 unspecified atom stereocenters. The Hall–Kier alpha value is -1.83. The summed E-state index contributed by atoms with van der Waals surface area (Å²) in [7, 11) is 0. The first kappa shape index (κ1) is 18.0. The Bertz CT molecular complexity index is 805. The van der Waals surface area contributed by atoms with E-state index in [2.05, 4.69) is 21.0 Å². The molecular weight excluding hydrogens is 401 g/mol. The van der Waals surface area contributed by atoms with Gasteiger partial charge in [-0.2, -0.15) is 5.10 Å². The van der Waals surface area contributed by atoms with Crippen LogP contribution in [0.15, 0.2) is 28.7 Å².